The van der Waals surface area contributed by atoms with Gasteiger partial charge in [0.1, 0.15) is 18.6 Å². The fourth-order valence-electron chi connectivity index (χ4n) is 3.79. The van der Waals surface area contributed by atoms with E-state index in [1.165, 1.54) is 18.2 Å². The summed E-state index contributed by atoms with van der Waals surface area (Å²) in [4.78, 5) is 32.4. The topological polar surface area (TPSA) is 88.4 Å². The molecule has 1 N–H and O–H groups in total. The van der Waals surface area contributed by atoms with Gasteiger partial charge in [0.2, 0.25) is 0 Å². The van der Waals surface area contributed by atoms with Gasteiger partial charge in [0, 0.05) is 11.3 Å². The van der Waals surface area contributed by atoms with Gasteiger partial charge in [-0.05, 0) is 47.5 Å². The molecule has 0 radical (unpaired) electrons. The maximum absolute atomic E-state index is 13.2. The quantitative estimate of drug-likeness (QED) is 0.202. The second kappa shape index (κ2) is 9.40. The first-order valence-corrected chi connectivity index (χ1v) is 10.2. The number of ether oxygens (including phenoxy) is 1. The van der Waals surface area contributed by atoms with E-state index in [2.05, 4.69) is 5.16 Å². The number of nitrogens with zero attached hydrogens (tertiary/aromatic N) is 2. The van der Waals surface area contributed by atoms with Crippen LogP contribution in [-0.4, -0.2) is 37.2 Å². The van der Waals surface area contributed by atoms with Crippen LogP contribution >= 0.6 is 0 Å². The molecule has 33 heavy (non-hydrogen) atoms. The second-order valence-corrected chi connectivity index (χ2v) is 7.32. The molecule has 1 aliphatic heterocycles. The molecule has 0 aliphatic carbocycles. The third kappa shape index (κ3) is 4.21. The maximum Gasteiger partial charge on any atom is 0.300 e. The van der Waals surface area contributed by atoms with Crippen LogP contribution in [0.15, 0.2) is 89.6 Å². The van der Waals surface area contributed by atoms with E-state index >= 15 is 0 Å². The van der Waals surface area contributed by atoms with Gasteiger partial charge < -0.3 is 14.7 Å². The maximum atomic E-state index is 13.2. The average Bonchev–Trinajstić information content (AvgIpc) is 3.13. The number of aliphatic hydroxyl groups excluding tert-OH is 1. The minimum Gasteiger partial charge on any atom is -0.507 e. The highest BCUT2D eigenvalue weighted by atomic mass is 16.6. The van der Waals surface area contributed by atoms with Crippen molar-refractivity contribution in [1.29, 1.82) is 0 Å². The number of amides is 1. The van der Waals surface area contributed by atoms with Gasteiger partial charge in [0.15, 0.2) is 0 Å². The van der Waals surface area contributed by atoms with Gasteiger partial charge in [-0.15, -0.1) is 0 Å². The molecular formula is C26H22N2O5. The Kier molecular flexibility index (Phi) is 6.22. The third-order valence-corrected chi connectivity index (χ3v) is 5.40. The lowest BCUT2D eigenvalue weighted by molar-refractivity contribution is -0.132. The summed E-state index contributed by atoms with van der Waals surface area (Å²) in [7, 11) is 3.00. The van der Waals surface area contributed by atoms with Gasteiger partial charge in [0.05, 0.1) is 24.9 Å². The van der Waals surface area contributed by atoms with Gasteiger partial charge in [-0.3, -0.25) is 14.5 Å². The first-order valence-electron chi connectivity index (χ1n) is 10.2. The Hall–Kier alpha value is -4.39. The van der Waals surface area contributed by atoms with Crippen molar-refractivity contribution >= 4 is 29.4 Å². The molecule has 1 fully saturated rings. The van der Waals surface area contributed by atoms with Crippen LogP contribution in [0.25, 0.3) is 5.76 Å². The van der Waals surface area contributed by atoms with E-state index in [-0.39, 0.29) is 11.3 Å². The van der Waals surface area contributed by atoms with E-state index in [1.807, 2.05) is 30.3 Å². The zero-order valence-corrected chi connectivity index (χ0v) is 18.1. The molecule has 0 saturated carbocycles. The molecule has 166 valence electrons. The van der Waals surface area contributed by atoms with Crippen molar-refractivity contribution in [2.75, 3.05) is 19.1 Å². The second-order valence-electron chi connectivity index (χ2n) is 7.32. The Bertz CT molecular complexity index is 1220. The largest absolute Gasteiger partial charge is 0.507 e. The normalized spacial score (nSPS) is 17.5. The summed E-state index contributed by atoms with van der Waals surface area (Å²) in [5.74, 6) is -1.08. The molecule has 3 aromatic carbocycles. The number of aliphatic hydroxyl groups is 1. The number of rotatable bonds is 6. The number of anilines is 1. The fourth-order valence-corrected chi connectivity index (χ4v) is 3.79. The zero-order valence-electron chi connectivity index (χ0n) is 18.1. The SMILES string of the molecule is CO/N=C/c1ccc(N2C(=O)C(=O)/C(=C(\O)c3ccc(OC)cc3)C2c2ccccc2)cc1. The van der Waals surface area contributed by atoms with Gasteiger partial charge in [-0.2, -0.15) is 0 Å². The Morgan fingerprint density at radius 2 is 1.61 bits per heavy atom. The van der Waals surface area contributed by atoms with Gasteiger partial charge in [0.25, 0.3) is 11.7 Å². The van der Waals surface area contributed by atoms with Crippen molar-refractivity contribution in [2.45, 2.75) is 6.04 Å². The molecule has 4 rings (SSSR count). The molecule has 3 aromatic rings. The summed E-state index contributed by atoms with van der Waals surface area (Å²) in [6.45, 7) is 0. The van der Waals surface area contributed by atoms with Crippen LogP contribution in [0, 0.1) is 0 Å². The van der Waals surface area contributed by atoms with Crippen molar-refractivity contribution in [1.82, 2.24) is 0 Å². The molecule has 1 aliphatic rings. The lowest BCUT2D eigenvalue weighted by Gasteiger charge is -2.25. The third-order valence-electron chi connectivity index (χ3n) is 5.40. The van der Waals surface area contributed by atoms with Crippen LogP contribution in [0.1, 0.15) is 22.7 Å². The summed E-state index contributed by atoms with van der Waals surface area (Å²) in [5, 5.41) is 14.8. The Labute approximate surface area is 191 Å². The number of carbonyl (C=O) groups is 2. The highest BCUT2D eigenvalue weighted by Gasteiger charge is 2.46. The number of oxime groups is 1. The van der Waals surface area contributed by atoms with Crippen LogP contribution < -0.4 is 9.64 Å². The first kappa shape index (κ1) is 21.8. The van der Waals surface area contributed by atoms with Crippen LogP contribution in [0.5, 0.6) is 5.75 Å². The van der Waals surface area contributed by atoms with Crippen LogP contribution in [0.2, 0.25) is 0 Å². The molecule has 7 nitrogen and oxygen atoms in total. The molecule has 7 heteroatoms. The molecule has 1 saturated heterocycles. The monoisotopic (exact) mass is 442 g/mol. The minimum absolute atomic E-state index is 0.0291. The number of benzene rings is 3. The lowest BCUT2D eigenvalue weighted by Crippen LogP contribution is -2.29. The molecule has 0 bridgehead atoms. The van der Waals surface area contributed by atoms with Gasteiger partial charge in [-0.25, -0.2) is 0 Å². The Morgan fingerprint density at radius 3 is 2.21 bits per heavy atom. The van der Waals surface area contributed by atoms with Gasteiger partial charge in [-0.1, -0.05) is 47.6 Å². The van der Waals surface area contributed by atoms with E-state index < -0.39 is 17.7 Å². The summed E-state index contributed by atoms with van der Waals surface area (Å²) in [6.07, 6.45) is 1.54. The number of Topliss-reactive ketones (excluding diaryl/α,β-unsaturated/α-hetero) is 1. The Morgan fingerprint density at radius 1 is 0.939 bits per heavy atom. The Balaban J connectivity index is 1.84. The van der Waals surface area contributed by atoms with E-state index in [1.54, 1.807) is 55.6 Å². The average molecular weight is 442 g/mol. The molecule has 0 aromatic heterocycles. The summed E-state index contributed by atoms with van der Waals surface area (Å²) in [5.41, 5.74) is 2.44. The molecular weight excluding hydrogens is 420 g/mol. The molecule has 0 spiro atoms. The minimum atomic E-state index is -0.785. The highest BCUT2D eigenvalue weighted by Crippen LogP contribution is 2.42. The number of methoxy groups -OCH3 is 1. The number of hydrogen-bond acceptors (Lipinski definition) is 6. The molecule has 1 atom stereocenters. The van der Waals surface area contributed by atoms with Crippen LogP contribution in [-0.2, 0) is 14.4 Å². The molecule has 1 unspecified atom stereocenters. The number of ketones is 1. The lowest BCUT2D eigenvalue weighted by atomic mass is 9.95. The fraction of sp³-hybridized carbons (Fsp3) is 0.115. The van der Waals surface area contributed by atoms with Crippen molar-refractivity contribution in [3.05, 3.63) is 101 Å². The number of hydrogen-bond donors (Lipinski definition) is 1. The summed E-state index contributed by atoms with van der Waals surface area (Å²) >= 11 is 0. The van der Waals surface area contributed by atoms with E-state index in [4.69, 9.17) is 9.57 Å². The van der Waals surface area contributed by atoms with E-state index in [0.29, 0.717) is 22.6 Å². The van der Waals surface area contributed by atoms with Crippen molar-refractivity contribution in [2.24, 2.45) is 5.16 Å². The number of carbonyl (C=O) groups excluding carboxylic acids is 2. The summed E-state index contributed by atoms with van der Waals surface area (Å²) < 4.78 is 5.17. The molecule has 1 heterocycles. The van der Waals surface area contributed by atoms with Crippen molar-refractivity contribution in [3.63, 3.8) is 0 Å². The molecule has 1 amide bonds. The van der Waals surface area contributed by atoms with Crippen LogP contribution in [0.3, 0.4) is 0 Å². The van der Waals surface area contributed by atoms with Crippen molar-refractivity contribution in [3.8, 4) is 5.75 Å². The van der Waals surface area contributed by atoms with Crippen LogP contribution in [0.4, 0.5) is 5.69 Å². The first-order chi connectivity index (χ1) is 16.0. The van der Waals surface area contributed by atoms with E-state index in [0.717, 1.165) is 5.56 Å². The predicted molar refractivity (Wildman–Crippen MR) is 125 cm³/mol. The zero-order chi connectivity index (χ0) is 23.4. The standard InChI is InChI=1S/C26H22N2O5/c1-32-21-14-10-19(11-15-21)24(29)22-23(18-6-4-3-5-7-18)28(26(31)25(22)30)20-12-8-17(9-13-20)16-27-33-2/h3-16,23,29H,1-2H3/b24-22-,27-16+. The van der Waals surface area contributed by atoms with Crippen molar-refractivity contribution < 1.29 is 24.3 Å². The summed E-state index contributed by atoms with van der Waals surface area (Å²) in [6, 6.07) is 22.0. The van der Waals surface area contributed by atoms with E-state index in [9.17, 15) is 14.7 Å². The highest BCUT2D eigenvalue weighted by molar-refractivity contribution is 6.51. The van der Waals surface area contributed by atoms with Gasteiger partial charge >= 0.3 is 0 Å². The predicted octanol–water partition coefficient (Wildman–Crippen LogP) is 4.30. The smallest absolute Gasteiger partial charge is 0.300 e.